The Morgan fingerprint density at radius 3 is 2.86 bits per heavy atom. The Morgan fingerprint density at radius 1 is 1.48 bits per heavy atom. The Balaban J connectivity index is 1.91. The highest BCUT2D eigenvalue weighted by molar-refractivity contribution is 5.94. The van der Waals surface area contributed by atoms with E-state index in [0.717, 1.165) is 25.9 Å². The van der Waals surface area contributed by atoms with Gasteiger partial charge < -0.3 is 21.1 Å². The monoisotopic (exact) mass is 291 g/mol. The first-order valence-corrected chi connectivity index (χ1v) is 7.54. The number of hydrogen-bond donors (Lipinski definition) is 3. The van der Waals surface area contributed by atoms with Gasteiger partial charge in [-0.2, -0.15) is 0 Å². The minimum atomic E-state index is 0.0148. The number of ether oxygens (including phenoxy) is 1. The lowest BCUT2D eigenvalue weighted by Crippen LogP contribution is -2.32. The molecule has 1 aromatic carbocycles. The number of piperidine rings is 1. The fraction of sp³-hybridized carbons (Fsp3) is 0.562. The molecule has 1 aromatic rings. The second-order valence-electron chi connectivity index (χ2n) is 5.77. The molecule has 0 aliphatic carbocycles. The molecule has 1 aliphatic heterocycles. The van der Waals surface area contributed by atoms with E-state index in [-0.39, 0.29) is 5.91 Å². The summed E-state index contributed by atoms with van der Waals surface area (Å²) >= 11 is 0. The molecule has 5 heteroatoms. The van der Waals surface area contributed by atoms with Crippen LogP contribution in [0, 0.1) is 11.8 Å². The zero-order chi connectivity index (χ0) is 15.2. The first-order valence-electron chi connectivity index (χ1n) is 7.54. The molecule has 0 bridgehead atoms. The molecule has 116 valence electrons. The van der Waals surface area contributed by atoms with Crippen LogP contribution in [-0.2, 0) is 4.79 Å². The molecule has 21 heavy (non-hydrogen) atoms. The molecule has 0 saturated carbocycles. The number of hydrogen-bond acceptors (Lipinski definition) is 4. The third-order valence-corrected chi connectivity index (χ3v) is 4.23. The van der Waals surface area contributed by atoms with E-state index in [0.29, 0.717) is 35.4 Å². The fourth-order valence-electron chi connectivity index (χ4n) is 2.84. The summed E-state index contributed by atoms with van der Waals surface area (Å²) in [5.74, 6) is 1.71. The first kappa shape index (κ1) is 15.6. The summed E-state index contributed by atoms with van der Waals surface area (Å²) in [5, 5.41) is 6.25. The van der Waals surface area contributed by atoms with Gasteiger partial charge >= 0.3 is 0 Å². The molecule has 1 amide bonds. The van der Waals surface area contributed by atoms with Gasteiger partial charge in [-0.1, -0.05) is 6.92 Å². The maximum atomic E-state index is 12.2. The second-order valence-corrected chi connectivity index (χ2v) is 5.77. The highest BCUT2D eigenvalue weighted by Crippen LogP contribution is 2.27. The number of nitrogens with two attached hydrogens (primary N) is 1. The number of methoxy groups -OCH3 is 1. The molecule has 1 saturated heterocycles. The molecule has 2 rings (SSSR count). The standard InChI is InChI=1S/C16H25N3O2/c1-11(12-5-7-18-8-6-12)9-16(20)19-15-10-13(21-2)3-4-14(15)17/h3-4,10-12,18H,5-9,17H2,1-2H3,(H,19,20). The van der Waals surface area contributed by atoms with E-state index in [1.165, 1.54) is 0 Å². The van der Waals surface area contributed by atoms with Crippen LogP contribution in [0.4, 0.5) is 11.4 Å². The van der Waals surface area contributed by atoms with Crippen molar-refractivity contribution in [2.45, 2.75) is 26.2 Å². The van der Waals surface area contributed by atoms with Crippen LogP contribution in [0.15, 0.2) is 18.2 Å². The summed E-state index contributed by atoms with van der Waals surface area (Å²) in [6, 6.07) is 5.27. The maximum absolute atomic E-state index is 12.2. The van der Waals surface area contributed by atoms with E-state index >= 15 is 0 Å². The van der Waals surface area contributed by atoms with E-state index in [1.54, 1.807) is 25.3 Å². The van der Waals surface area contributed by atoms with Crippen LogP contribution in [-0.4, -0.2) is 26.1 Å². The van der Waals surface area contributed by atoms with Crippen LogP contribution in [0.1, 0.15) is 26.2 Å². The highest BCUT2D eigenvalue weighted by atomic mass is 16.5. The number of nitrogen functional groups attached to an aromatic ring is 1. The van der Waals surface area contributed by atoms with Crippen molar-refractivity contribution in [1.29, 1.82) is 0 Å². The van der Waals surface area contributed by atoms with Gasteiger partial charge in [0.15, 0.2) is 0 Å². The lowest BCUT2D eigenvalue weighted by atomic mass is 9.84. The number of carbonyl (C=O) groups is 1. The Kier molecular flexibility index (Phi) is 5.44. The summed E-state index contributed by atoms with van der Waals surface area (Å²) in [4.78, 5) is 12.2. The zero-order valence-corrected chi connectivity index (χ0v) is 12.8. The van der Waals surface area contributed by atoms with E-state index in [4.69, 9.17) is 10.5 Å². The van der Waals surface area contributed by atoms with Gasteiger partial charge in [-0.15, -0.1) is 0 Å². The van der Waals surface area contributed by atoms with E-state index in [9.17, 15) is 4.79 Å². The Bertz CT molecular complexity index is 484. The predicted molar refractivity (Wildman–Crippen MR) is 85.4 cm³/mol. The number of anilines is 2. The normalized spacial score (nSPS) is 17.2. The highest BCUT2D eigenvalue weighted by Gasteiger charge is 2.22. The van der Waals surface area contributed by atoms with E-state index < -0.39 is 0 Å². The molecule has 0 spiro atoms. The smallest absolute Gasteiger partial charge is 0.224 e. The Hall–Kier alpha value is -1.75. The molecule has 5 nitrogen and oxygen atoms in total. The van der Waals surface area contributed by atoms with Gasteiger partial charge in [0.05, 0.1) is 18.5 Å². The van der Waals surface area contributed by atoms with Crippen LogP contribution in [0.5, 0.6) is 5.75 Å². The largest absolute Gasteiger partial charge is 0.497 e. The van der Waals surface area contributed by atoms with Crippen molar-refractivity contribution in [3.8, 4) is 5.75 Å². The molecular formula is C16H25N3O2. The number of nitrogens with one attached hydrogen (secondary N) is 2. The molecule has 4 N–H and O–H groups in total. The van der Waals surface area contributed by atoms with Crippen molar-refractivity contribution in [1.82, 2.24) is 5.32 Å². The quantitative estimate of drug-likeness (QED) is 0.727. The number of benzene rings is 1. The van der Waals surface area contributed by atoms with E-state index in [2.05, 4.69) is 17.6 Å². The van der Waals surface area contributed by atoms with Crippen molar-refractivity contribution in [3.63, 3.8) is 0 Å². The van der Waals surface area contributed by atoms with Crippen LogP contribution >= 0.6 is 0 Å². The molecule has 0 radical (unpaired) electrons. The van der Waals surface area contributed by atoms with Crippen LogP contribution in [0.25, 0.3) is 0 Å². The number of amides is 1. The molecule has 1 atom stereocenters. The van der Waals surface area contributed by atoms with Crippen molar-refractivity contribution in [2.24, 2.45) is 11.8 Å². The molecular weight excluding hydrogens is 266 g/mol. The topological polar surface area (TPSA) is 76.4 Å². The zero-order valence-electron chi connectivity index (χ0n) is 12.8. The minimum absolute atomic E-state index is 0.0148. The average Bonchev–Trinajstić information content (AvgIpc) is 2.50. The minimum Gasteiger partial charge on any atom is -0.497 e. The van der Waals surface area contributed by atoms with Crippen molar-refractivity contribution < 1.29 is 9.53 Å². The Labute approximate surface area is 126 Å². The van der Waals surface area contributed by atoms with Gasteiger partial charge in [-0.3, -0.25) is 4.79 Å². The summed E-state index contributed by atoms with van der Waals surface area (Å²) < 4.78 is 5.15. The summed E-state index contributed by atoms with van der Waals surface area (Å²) in [6.07, 6.45) is 2.83. The fourth-order valence-corrected chi connectivity index (χ4v) is 2.84. The molecule has 1 unspecified atom stereocenters. The molecule has 1 heterocycles. The summed E-state index contributed by atoms with van der Waals surface area (Å²) in [6.45, 7) is 4.27. The van der Waals surface area contributed by atoms with Gasteiger partial charge in [0.1, 0.15) is 5.75 Å². The van der Waals surface area contributed by atoms with Gasteiger partial charge in [-0.25, -0.2) is 0 Å². The molecule has 1 aliphatic rings. The first-order chi connectivity index (χ1) is 10.1. The van der Waals surface area contributed by atoms with E-state index in [1.807, 2.05) is 0 Å². The molecule has 1 fully saturated rings. The van der Waals surface area contributed by atoms with Crippen molar-refractivity contribution in [2.75, 3.05) is 31.2 Å². The van der Waals surface area contributed by atoms with Crippen molar-refractivity contribution in [3.05, 3.63) is 18.2 Å². The van der Waals surface area contributed by atoms with Gasteiger partial charge in [0.25, 0.3) is 0 Å². The van der Waals surface area contributed by atoms with Gasteiger partial charge in [-0.05, 0) is 49.9 Å². The number of rotatable bonds is 5. The van der Waals surface area contributed by atoms with Crippen molar-refractivity contribution >= 4 is 17.3 Å². The SMILES string of the molecule is COc1ccc(N)c(NC(=O)CC(C)C2CCNCC2)c1. The number of carbonyl (C=O) groups excluding carboxylic acids is 1. The lowest BCUT2D eigenvalue weighted by molar-refractivity contribution is -0.117. The lowest BCUT2D eigenvalue weighted by Gasteiger charge is -2.27. The van der Waals surface area contributed by atoms with Crippen LogP contribution < -0.4 is 21.1 Å². The van der Waals surface area contributed by atoms with Gasteiger partial charge in [0.2, 0.25) is 5.91 Å². The van der Waals surface area contributed by atoms with Gasteiger partial charge in [0, 0.05) is 12.5 Å². The third-order valence-electron chi connectivity index (χ3n) is 4.23. The van der Waals surface area contributed by atoms with Crippen LogP contribution in [0.2, 0.25) is 0 Å². The van der Waals surface area contributed by atoms with Crippen LogP contribution in [0.3, 0.4) is 0 Å². The second kappa shape index (κ2) is 7.31. The predicted octanol–water partition coefficient (Wildman–Crippen LogP) is 2.24. The average molecular weight is 291 g/mol. The Morgan fingerprint density at radius 2 is 2.19 bits per heavy atom. The summed E-state index contributed by atoms with van der Waals surface area (Å²) in [7, 11) is 1.59. The maximum Gasteiger partial charge on any atom is 0.224 e. The summed E-state index contributed by atoms with van der Waals surface area (Å²) in [5.41, 5.74) is 7.06. The third kappa shape index (κ3) is 4.36. The molecule has 0 aromatic heterocycles.